The van der Waals surface area contributed by atoms with Crippen LogP contribution in [0.25, 0.3) is 0 Å². The van der Waals surface area contributed by atoms with Gasteiger partial charge in [0, 0.05) is 6.04 Å². The third kappa shape index (κ3) is 2.98. The van der Waals surface area contributed by atoms with Crippen molar-refractivity contribution in [3.05, 3.63) is 0 Å². The lowest BCUT2D eigenvalue weighted by molar-refractivity contribution is 0.0107. The minimum Gasteiger partial charge on any atom is -0.304 e. The summed E-state index contributed by atoms with van der Waals surface area (Å²) >= 11 is 0. The van der Waals surface area contributed by atoms with E-state index in [2.05, 4.69) is 45.0 Å². The van der Waals surface area contributed by atoms with Crippen LogP contribution >= 0.6 is 0 Å². The van der Waals surface area contributed by atoms with Crippen molar-refractivity contribution in [2.24, 2.45) is 5.41 Å². The molecule has 96 valence electrons. The molecule has 1 saturated heterocycles. The number of hydrogen-bond acceptors (Lipinski definition) is 2. The summed E-state index contributed by atoms with van der Waals surface area (Å²) in [6.45, 7) is 10.7. The Kier molecular flexibility index (Phi) is 5.26. The third-order valence-corrected chi connectivity index (χ3v) is 4.40. The SMILES string of the molecule is CCC1(C)CCCCCN(C(C)C)C1NC. The van der Waals surface area contributed by atoms with Gasteiger partial charge in [0.2, 0.25) is 0 Å². The normalized spacial score (nSPS) is 33.8. The molecule has 1 fully saturated rings. The van der Waals surface area contributed by atoms with Crippen molar-refractivity contribution in [1.29, 1.82) is 0 Å². The molecule has 2 nitrogen and oxygen atoms in total. The predicted octanol–water partition coefficient (Wildman–Crippen LogP) is 3.23. The highest BCUT2D eigenvalue weighted by molar-refractivity contribution is 4.89. The number of nitrogens with one attached hydrogen (secondary N) is 1. The van der Waals surface area contributed by atoms with Crippen LogP contribution in [0.3, 0.4) is 0 Å². The lowest BCUT2D eigenvalue weighted by atomic mass is 9.77. The van der Waals surface area contributed by atoms with Gasteiger partial charge in [-0.2, -0.15) is 0 Å². The Balaban J connectivity index is 2.88. The highest BCUT2D eigenvalue weighted by Crippen LogP contribution is 2.36. The van der Waals surface area contributed by atoms with Crippen molar-refractivity contribution in [3.8, 4) is 0 Å². The van der Waals surface area contributed by atoms with E-state index in [0.717, 1.165) is 0 Å². The maximum atomic E-state index is 3.57. The smallest absolute Gasteiger partial charge is 0.0652 e. The molecular formula is C14H30N2. The standard InChI is InChI=1S/C14H30N2/c1-6-14(4)10-8-7-9-11-16(12(2)3)13(14)15-5/h12-13,15H,6-11H2,1-5H3. The van der Waals surface area contributed by atoms with E-state index in [4.69, 9.17) is 0 Å². The molecule has 1 heterocycles. The highest BCUT2D eigenvalue weighted by Gasteiger charge is 2.37. The molecule has 0 aliphatic carbocycles. The van der Waals surface area contributed by atoms with Crippen LogP contribution in [0, 0.1) is 5.41 Å². The summed E-state index contributed by atoms with van der Waals surface area (Å²) < 4.78 is 0. The number of nitrogens with zero attached hydrogens (tertiary/aromatic N) is 1. The number of hydrogen-bond donors (Lipinski definition) is 1. The molecule has 0 aromatic rings. The molecule has 1 N–H and O–H groups in total. The molecule has 1 rings (SSSR count). The largest absolute Gasteiger partial charge is 0.304 e. The average molecular weight is 226 g/mol. The number of rotatable bonds is 3. The zero-order chi connectivity index (χ0) is 12.2. The minimum atomic E-state index is 0.430. The quantitative estimate of drug-likeness (QED) is 0.795. The molecule has 1 aliphatic rings. The molecule has 2 atom stereocenters. The molecule has 0 bridgehead atoms. The first-order valence-electron chi connectivity index (χ1n) is 6.98. The van der Waals surface area contributed by atoms with Gasteiger partial charge in [0.25, 0.3) is 0 Å². The van der Waals surface area contributed by atoms with Gasteiger partial charge in [-0.05, 0) is 52.1 Å². The summed E-state index contributed by atoms with van der Waals surface area (Å²) in [5.41, 5.74) is 0.430. The van der Waals surface area contributed by atoms with Crippen molar-refractivity contribution in [1.82, 2.24) is 10.2 Å². The van der Waals surface area contributed by atoms with Crippen LogP contribution in [0.15, 0.2) is 0 Å². The van der Waals surface area contributed by atoms with Gasteiger partial charge in [-0.1, -0.05) is 26.7 Å². The van der Waals surface area contributed by atoms with Gasteiger partial charge in [-0.3, -0.25) is 4.90 Å². The zero-order valence-corrected chi connectivity index (χ0v) is 11.8. The molecule has 1 aliphatic heterocycles. The second-order valence-electron chi connectivity index (χ2n) is 5.84. The van der Waals surface area contributed by atoms with E-state index >= 15 is 0 Å². The summed E-state index contributed by atoms with van der Waals surface area (Å²) in [5.74, 6) is 0. The van der Waals surface area contributed by atoms with E-state index in [1.807, 2.05) is 0 Å². The van der Waals surface area contributed by atoms with Gasteiger partial charge in [0.1, 0.15) is 0 Å². The van der Waals surface area contributed by atoms with Crippen molar-refractivity contribution in [3.63, 3.8) is 0 Å². The fourth-order valence-corrected chi connectivity index (χ4v) is 3.11. The summed E-state index contributed by atoms with van der Waals surface area (Å²) in [6.07, 6.45) is 7.32. The molecular weight excluding hydrogens is 196 g/mol. The molecule has 0 aromatic heterocycles. The second-order valence-corrected chi connectivity index (χ2v) is 5.84. The highest BCUT2D eigenvalue weighted by atomic mass is 15.3. The Labute approximate surface area is 102 Å². The Morgan fingerprint density at radius 1 is 1.31 bits per heavy atom. The van der Waals surface area contributed by atoms with Gasteiger partial charge in [0.15, 0.2) is 0 Å². The van der Waals surface area contributed by atoms with E-state index in [1.165, 1.54) is 38.6 Å². The van der Waals surface area contributed by atoms with E-state index < -0.39 is 0 Å². The molecule has 16 heavy (non-hydrogen) atoms. The van der Waals surface area contributed by atoms with Crippen LogP contribution in [-0.4, -0.2) is 30.7 Å². The third-order valence-electron chi connectivity index (χ3n) is 4.40. The Bertz CT molecular complexity index is 203. The Hall–Kier alpha value is -0.0800. The van der Waals surface area contributed by atoms with E-state index in [-0.39, 0.29) is 0 Å². The van der Waals surface area contributed by atoms with Crippen LogP contribution in [0.4, 0.5) is 0 Å². The van der Waals surface area contributed by atoms with Crippen molar-refractivity contribution < 1.29 is 0 Å². The summed E-state index contributed by atoms with van der Waals surface area (Å²) in [4.78, 5) is 2.66. The van der Waals surface area contributed by atoms with E-state index in [9.17, 15) is 0 Å². The first-order chi connectivity index (χ1) is 7.55. The molecule has 2 unspecified atom stereocenters. The minimum absolute atomic E-state index is 0.430. The van der Waals surface area contributed by atoms with Crippen LogP contribution < -0.4 is 5.32 Å². The summed E-state index contributed by atoms with van der Waals surface area (Å²) in [6, 6.07) is 0.640. The molecule has 2 heteroatoms. The van der Waals surface area contributed by atoms with Gasteiger partial charge in [-0.15, -0.1) is 0 Å². The maximum absolute atomic E-state index is 3.57. The van der Waals surface area contributed by atoms with Crippen molar-refractivity contribution >= 4 is 0 Å². The molecule has 0 radical (unpaired) electrons. The van der Waals surface area contributed by atoms with E-state index in [0.29, 0.717) is 17.6 Å². The van der Waals surface area contributed by atoms with Crippen LogP contribution in [0.1, 0.15) is 59.8 Å². The van der Waals surface area contributed by atoms with Gasteiger partial charge in [-0.25, -0.2) is 0 Å². The molecule has 0 aromatic carbocycles. The first-order valence-corrected chi connectivity index (χ1v) is 6.98. The van der Waals surface area contributed by atoms with E-state index in [1.54, 1.807) is 0 Å². The molecule has 0 amide bonds. The first kappa shape index (κ1) is 14.0. The zero-order valence-electron chi connectivity index (χ0n) is 11.8. The second kappa shape index (κ2) is 6.02. The van der Waals surface area contributed by atoms with Crippen LogP contribution in [0.2, 0.25) is 0 Å². The fraction of sp³-hybridized carbons (Fsp3) is 1.00. The maximum Gasteiger partial charge on any atom is 0.0652 e. The molecule has 0 saturated carbocycles. The topological polar surface area (TPSA) is 15.3 Å². The van der Waals surface area contributed by atoms with Gasteiger partial charge < -0.3 is 5.32 Å². The van der Waals surface area contributed by atoms with Crippen molar-refractivity contribution in [2.45, 2.75) is 72.0 Å². The van der Waals surface area contributed by atoms with Crippen LogP contribution in [-0.2, 0) is 0 Å². The predicted molar refractivity (Wildman–Crippen MR) is 71.6 cm³/mol. The summed E-state index contributed by atoms with van der Waals surface area (Å²) in [5, 5.41) is 3.57. The average Bonchev–Trinajstić information content (AvgIpc) is 2.23. The lowest BCUT2D eigenvalue weighted by Crippen LogP contribution is -2.57. The molecule has 0 spiro atoms. The van der Waals surface area contributed by atoms with Crippen molar-refractivity contribution in [2.75, 3.05) is 13.6 Å². The fourth-order valence-electron chi connectivity index (χ4n) is 3.11. The monoisotopic (exact) mass is 226 g/mol. The van der Waals surface area contributed by atoms with Gasteiger partial charge in [0.05, 0.1) is 6.17 Å². The lowest BCUT2D eigenvalue weighted by Gasteiger charge is -2.47. The Morgan fingerprint density at radius 2 is 2.00 bits per heavy atom. The Morgan fingerprint density at radius 3 is 2.50 bits per heavy atom. The van der Waals surface area contributed by atoms with Crippen LogP contribution in [0.5, 0.6) is 0 Å². The van der Waals surface area contributed by atoms with Gasteiger partial charge >= 0.3 is 0 Å². The summed E-state index contributed by atoms with van der Waals surface area (Å²) in [7, 11) is 2.12. The number of likely N-dealkylation sites (tertiary alicyclic amines) is 1.